The zero-order chi connectivity index (χ0) is 28.5. The van der Waals surface area contributed by atoms with Gasteiger partial charge in [0.15, 0.2) is 0 Å². The van der Waals surface area contributed by atoms with Crippen LogP contribution in [0.25, 0.3) is 0 Å². The molecule has 2 N–H and O–H groups in total. The number of alkyl halides is 5. The Morgan fingerprint density at radius 3 is 2.23 bits per heavy atom. The summed E-state index contributed by atoms with van der Waals surface area (Å²) >= 11 is 0. The van der Waals surface area contributed by atoms with Crippen LogP contribution in [0.5, 0.6) is 0 Å². The lowest BCUT2D eigenvalue weighted by atomic mass is 9.99. The van der Waals surface area contributed by atoms with Gasteiger partial charge in [-0.1, -0.05) is 50.2 Å². The minimum absolute atomic E-state index is 0.0697. The van der Waals surface area contributed by atoms with Crippen molar-refractivity contribution in [3.8, 4) is 0 Å². The number of aromatic nitrogens is 1. The highest BCUT2D eigenvalue weighted by Crippen LogP contribution is 2.39. The number of halogens is 5. The molecule has 3 aromatic rings. The van der Waals surface area contributed by atoms with Gasteiger partial charge in [0.1, 0.15) is 0 Å². The molecular formula is C29H30F5N3O2. The van der Waals surface area contributed by atoms with E-state index >= 15 is 0 Å². The van der Waals surface area contributed by atoms with E-state index in [0.717, 1.165) is 35.9 Å². The minimum Gasteiger partial charge on any atom is -0.387 e. The highest BCUT2D eigenvalue weighted by Gasteiger charge is 2.35. The molecule has 1 aliphatic heterocycles. The molecule has 2 heterocycles. The third-order valence-electron chi connectivity index (χ3n) is 6.87. The molecule has 39 heavy (non-hydrogen) atoms. The predicted octanol–water partition coefficient (Wildman–Crippen LogP) is 6.39. The van der Waals surface area contributed by atoms with Crippen molar-refractivity contribution in [3.63, 3.8) is 0 Å². The summed E-state index contributed by atoms with van der Waals surface area (Å²) in [6, 6.07) is 12.1. The van der Waals surface area contributed by atoms with Gasteiger partial charge in [-0.25, -0.2) is 8.78 Å². The van der Waals surface area contributed by atoms with E-state index in [1.807, 2.05) is 13.8 Å². The fourth-order valence-electron chi connectivity index (χ4n) is 4.86. The van der Waals surface area contributed by atoms with E-state index in [-0.39, 0.29) is 24.1 Å². The first-order chi connectivity index (χ1) is 18.2. The number of nitrogens with zero attached hydrogens (tertiary/aromatic N) is 2. The van der Waals surface area contributed by atoms with E-state index in [1.54, 1.807) is 6.07 Å². The topological polar surface area (TPSA) is 65.5 Å². The number of rotatable bonds is 8. The lowest BCUT2D eigenvalue weighted by Crippen LogP contribution is -2.28. The molecule has 5 nitrogen and oxygen atoms in total. The second-order valence-electron chi connectivity index (χ2n) is 10.3. The van der Waals surface area contributed by atoms with Crippen molar-refractivity contribution in [1.29, 1.82) is 0 Å². The first-order valence-electron chi connectivity index (χ1n) is 12.6. The molecule has 2 aromatic carbocycles. The van der Waals surface area contributed by atoms with E-state index in [0.29, 0.717) is 24.2 Å². The summed E-state index contributed by atoms with van der Waals surface area (Å²) in [5.74, 6) is -3.26. The van der Waals surface area contributed by atoms with Crippen molar-refractivity contribution < 1.29 is 31.9 Å². The van der Waals surface area contributed by atoms with Gasteiger partial charge in [-0.2, -0.15) is 13.2 Å². The molecule has 0 saturated heterocycles. The Morgan fingerprint density at radius 1 is 1.05 bits per heavy atom. The first kappa shape index (κ1) is 28.6. The third kappa shape index (κ3) is 6.62. The van der Waals surface area contributed by atoms with Crippen LogP contribution in [-0.4, -0.2) is 27.4 Å². The van der Waals surface area contributed by atoms with Gasteiger partial charge in [0, 0.05) is 38.3 Å². The van der Waals surface area contributed by atoms with Crippen molar-refractivity contribution in [1.82, 2.24) is 15.2 Å². The number of fused-ring (bicyclic) bond motifs is 1. The van der Waals surface area contributed by atoms with Crippen LogP contribution >= 0.6 is 0 Å². The molecule has 1 unspecified atom stereocenters. The molecule has 2 atom stereocenters. The number of hydrogen-bond donors (Lipinski definition) is 2. The van der Waals surface area contributed by atoms with Crippen molar-refractivity contribution in [3.05, 3.63) is 99.9 Å². The van der Waals surface area contributed by atoms with Crippen LogP contribution < -0.4 is 5.32 Å². The van der Waals surface area contributed by atoms with Crippen molar-refractivity contribution >= 4 is 5.91 Å². The molecule has 0 saturated carbocycles. The summed E-state index contributed by atoms with van der Waals surface area (Å²) in [6.45, 7) is 5.65. The van der Waals surface area contributed by atoms with Crippen LogP contribution in [0, 0.1) is 5.92 Å². The number of pyridine rings is 1. The molecule has 1 amide bonds. The number of amides is 1. The van der Waals surface area contributed by atoms with Crippen molar-refractivity contribution in [2.75, 3.05) is 6.54 Å². The summed E-state index contributed by atoms with van der Waals surface area (Å²) in [5, 5.41) is 13.1. The maximum atomic E-state index is 13.4. The molecule has 10 heteroatoms. The second-order valence-corrected chi connectivity index (χ2v) is 10.3. The van der Waals surface area contributed by atoms with Crippen LogP contribution in [0.15, 0.2) is 60.8 Å². The van der Waals surface area contributed by atoms with Gasteiger partial charge in [0.25, 0.3) is 11.8 Å². The molecular weight excluding hydrogens is 517 g/mol. The molecule has 1 aromatic heterocycles. The molecule has 4 rings (SSSR count). The quantitative estimate of drug-likeness (QED) is 0.321. The van der Waals surface area contributed by atoms with Crippen LogP contribution in [0.4, 0.5) is 22.0 Å². The number of aliphatic hydroxyl groups is 1. The van der Waals surface area contributed by atoms with Crippen LogP contribution in [0.2, 0.25) is 0 Å². The van der Waals surface area contributed by atoms with Crippen molar-refractivity contribution in [2.45, 2.75) is 58.1 Å². The summed E-state index contributed by atoms with van der Waals surface area (Å²) in [4.78, 5) is 19.5. The van der Waals surface area contributed by atoms with E-state index in [2.05, 4.69) is 15.2 Å². The molecule has 0 spiro atoms. The number of carbonyl (C=O) groups excluding carboxylic acids is 1. The Hall–Kier alpha value is -3.37. The first-order valence-corrected chi connectivity index (χ1v) is 12.6. The fraction of sp³-hybridized carbons (Fsp3) is 0.379. The van der Waals surface area contributed by atoms with Crippen molar-refractivity contribution in [2.24, 2.45) is 5.92 Å². The average molecular weight is 548 g/mol. The SMILES string of the molecule is CC(C)[C@H]1c2ncc(C(=O)NCC(O)c3ccc(C(C)(F)F)cc3)cc2CN1Cc1ccc(C(F)(F)F)cc1. The van der Waals surface area contributed by atoms with E-state index < -0.39 is 29.7 Å². The van der Waals surface area contributed by atoms with Gasteiger partial charge in [0.05, 0.1) is 29.0 Å². The maximum Gasteiger partial charge on any atom is 0.416 e. The smallest absolute Gasteiger partial charge is 0.387 e. The minimum atomic E-state index is -4.39. The average Bonchev–Trinajstić information content (AvgIpc) is 3.23. The van der Waals surface area contributed by atoms with E-state index in [9.17, 15) is 31.9 Å². The monoisotopic (exact) mass is 547 g/mol. The van der Waals surface area contributed by atoms with Gasteiger partial charge in [-0.05, 0) is 40.8 Å². The lowest BCUT2D eigenvalue weighted by molar-refractivity contribution is -0.137. The number of carbonyl (C=O) groups is 1. The maximum absolute atomic E-state index is 13.4. The Balaban J connectivity index is 1.42. The molecule has 1 aliphatic rings. The number of aliphatic hydroxyl groups excluding tert-OH is 1. The van der Waals surface area contributed by atoms with Gasteiger partial charge < -0.3 is 10.4 Å². The Kier molecular flexibility index (Phi) is 8.09. The standard InChI is InChI=1S/C29H30F5N3O2/c1-17(2)26-25-21(16-37(26)15-18-4-8-23(9-5-18)29(32,33)34)12-20(13-35-25)27(39)36-14-24(38)19-6-10-22(11-7-19)28(3,30)31/h4-13,17,24,26,38H,14-16H2,1-3H3,(H,36,39)/t24?,26-/m0/s1. The summed E-state index contributed by atoms with van der Waals surface area (Å²) < 4.78 is 65.6. The molecule has 0 aliphatic carbocycles. The normalized spacial score (nSPS) is 16.8. The fourth-order valence-corrected chi connectivity index (χ4v) is 4.86. The Bertz CT molecular complexity index is 1300. The highest BCUT2D eigenvalue weighted by atomic mass is 19.4. The number of hydrogen-bond acceptors (Lipinski definition) is 4. The number of benzene rings is 2. The molecule has 0 fully saturated rings. The van der Waals surface area contributed by atoms with E-state index in [4.69, 9.17) is 0 Å². The predicted molar refractivity (Wildman–Crippen MR) is 136 cm³/mol. The third-order valence-corrected chi connectivity index (χ3v) is 6.87. The van der Waals surface area contributed by atoms with Crippen LogP contribution in [0.1, 0.15) is 76.8 Å². The summed E-state index contributed by atoms with van der Waals surface area (Å²) in [7, 11) is 0. The van der Waals surface area contributed by atoms with Gasteiger partial charge in [-0.3, -0.25) is 14.7 Å². The zero-order valence-electron chi connectivity index (χ0n) is 21.8. The van der Waals surface area contributed by atoms with Gasteiger partial charge >= 0.3 is 6.18 Å². The van der Waals surface area contributed by atoms with Crippen LogP contribution in [0.3, 0.4) is 0 Å². The Labute approximate surface area is 223 Å². The molecule has 208 valence electrons. The van der Waals surface area contributed by atoms with Gasteiger partial charge in [-0.15, -0.1) is 0 Å². The summed E-state index contributed by atoms with van der Waals surface area (Å²) in [5.41, 5.74) is 2.25. The van der Waals surface area contributed by atoms with Crippen LogP contribution in [-0.2, 0) is 25.2 Å². The lowest BCUT2D eigenvalue weighted by Gasteiger charge is -2.27. The largest absolute Gasteiger partial charge is 0.416 e. The zero-order valence-corrected chi connectivity index (χ0v) is 21.8. The second kappa shape index (κ2) is 11.0. The molecule has 0 radical (unpaired) electrons. The number of nitrogens with one attached hydrogen (secondary N) is 1. The Morgan fingerprint density at radius 2 is 1.67 bits per heavy atom. The highest BCUT2D eigenvalue weighted by molar-refractivity contribution is 5.94. The van der Waals surface area contributed by atoms with Gasteiger partial charge in [0.2, 0.25) is 0 Å². The summed E-state index contributed by atoms with van der Waals surface area (Å²) in [6.07, 6.45) is -4.01. The van der Waals surface area contributed by atoms with E-state index in [1.165, 1.54) is 42.6 Å². The molecule has 0 bridgehead atoms.